The first-order chi connectivity index (χ1) is 9.13. The highest BCUT2D eigenvalue weighted by Gasteiger charge is 2.33. The van der Waals surface area contributed by atoms with Gasteiger partial charge in [0, 0.05) is 12.1 Å². The highest BCUT2D eigenvalue weighted by molar-refractivity contribution is 5.97. The van der Waals surface area contributed by atoms with E-state index in [4.69, 9.17) is 4.74 Å². The summed E-state index contributed by atoms with van der Waals surface area (Å²) in [7, 11) is 1.33. The van der Waals surface area contributed by atoms with Crippen LogP contribution in [-0.2, 0) is 9.53 Å². The first kappa shape index (κ1) is 13.4. The number of likely N-dealkylation sites (tertiary alicyclic amines) is 1. The molecule has 5 nitrogen and oxygen atoms in total. The number of piperidine rings is 1. The van der Waals surface area contributed by atoms with Gasteiger partial charge in [-0.25, -0.2) is 4.79 Å². The van der Waals surface area contributed by atoms with Crippen molar-refractivity contribution >= 4 is 11.9 Å². The molecule has 0 radical (unpaired) electrons. The number of methoxy groups -OCH3 is 1. The Bertz CT molecular complexity index is 486. The van der Waals surface area contributed by atoms with Gasteiger partial charge in [0.15, 0.2) is 0 Å². The number of benzene rings is 1. The number of ether oxygens (including phenoxy) is 1. The van der Waals surface area contributed by atoms with Gasteiger partial charge in [-0.3, -0.25) is 4.79 Å². The van der Waals surface area contributed by atoms with Crippen molar-refractivity contribution in [3.05, 3.63) is 29.8 Å². The fourth-order valence-electron chi connectivity index (χ4n) is 2.36. The predicted octanol–water partition coefficient (Wildman–Crippen LogP) is 1.56. The fourth-order valence-corrected chi connectivity index (χ4v) is 2.36. The van der Waals surface area contributed by atoms with Crippen LogP contribution in [0.25, 0.3) is 0 Å². The number of rotatable bonds is 2. The monoisotopic (exact) mass is 263 g/mol. The molecule has 102 valence electrons. The largest absolute Gasteiger partial charge is 0.508 e. The predicted molar refractivity (Wildman–Crippen MR) is 68.8 cm³/mol. The van der Waals surface area contributed by atoms with Crippen LogP contribution in [-0.4, -0.2) is 41.6 Å². The number of carbonyl (C=O) groups excluding carboxylic acids is 2. The van der Waals surface area contributed by atoms with Gasteiger partial charge < -0.3 is 14.7 Å². The Morgan fingerprint density at radius 3 is 2.84 bits per heavy atom. The molecular formula is C14H17NO4. The normalized spacial score (nSPS) is 19.0. The number of hydrogen-bond donors (Lipinski definition) is 1. The standard InChI is InChI=1S/C14H17NO4/c1-19-14(18)12-7-2-3-8-15(12)13(17)10-5-4-6-11(16)9-10/h4-6,9,12,16H,2-3,7-8H2,1H3/t12-/m1/s1. The molecule has 5 heteroatoms. The van der Waals surface area contributed by atoms with Crippen LogP contribution in [0.4, 0.5) is 0 Å². The van der Waals surface area contributed by atoms with Gasteiger partial charge >= 0.3 is 5.97 Å². The number of esters is 1. The van der Waals surface area contributed by atoms with Crippen LogP contribution in [0.5, 0.6) is 5.75 Å². The smallest absolute Gasteiger partial charge is 0.328 e. The summed E-state index contributed by atoms with van der Waals surface area (Å²) in [5.41, 5.74) is 0.385. The molecule has 0 aliphatic carbocycles. The molecule has 0 saturated carbocycles. The third kappa shape index (κ3) is 2.86. The van der Waals surface area contributed by atoms with Crippen molar-refractivity contribution in [1.29, 1.82) is 0 Å². The lowest BCUT2D eigenvalue weighted by Gasteiger charge is -2.33. The fraction of sp³-hybridized carbons (Fsp3) is 0.429. The second-order valence-corrected chi connectivity index (χ2v) is 4.58. The van der Waals surface area contributed by atoms with E-state index in [0.717, 1.165) is 12.8 Å². The lowest BCUT2D eigenvalue weighted by molar-refractivity contribution is -0.147. The number of hydrogen-bond acceptors (Lipinski definition) is 4. The van der Waals surface area contributed by atoms with E-state index < -0.39 is 6.04 Å². The SMILES string of the molecule is COC(=O)[C@H]1CCCCN1C(=O)c1cccc(O)c1. The summed E-state index contributed by atoms with van der Waals surface area (Å²) in [6.45, 7) is 0.536. The van der Waals surface area contributed by atoms with Crippen LogP contribution in [0.15, 0.2) is 24.3 Å². The summed E-state index contributed by atoms with van der Waals surface area (Å²) >= 11 is 0. The minimum absolute atomic E-state index is 0.0393. The Morgan fingerprint density at radius 2 is 2.16 bits per heavy atom. The van der Waals surface area contributed by atoms with Gasteiger partial charge in [-0.15, -0.1) is 0 Å². The van der Waals surface area contributed by atoms with Gasteiger partial charge in [0.2, 0.25) is 0 Å². The third-order valence-electron chi connectivity index (χ3n) is 3.33. The molecule has 1 atom stereocenters. The van der Waals surface area contributed by atoms with Gasteiger partial charge in [0.1, 0.15) is 11.8 Å². The average Bonchev–Trinajstić information content (AvgIpc) is 2.45. The highest BCUT2D eigenvalue weighted by Crippen LogP contribution is 2.22. The molecule has 1 heterocycles. The molecule has 2 rings (SSSR count). The Hall–Kier alpha value is -2.04. The molecule has 1 fully saturated rings. The number of carbonyl (C=O) groups is 2. The van der Waals surface area contributed by atoms with Gasteiger partial charge in [-0.05, 0) is 37.5 Å². The van der Waals surface area contributed by atoms with Crippen LogP contribution in [0, 0.1) is 0 Å². The molecule has 0 aromatic heterocycles. The van der Waals surface area contributed by atoms with E-state index in [-0.39, 0.29) is 17.6 Å². The lowest BCUT2D eigenvalue weighted by Crippen LogP contribution is -2.48. The van der Waals surface area contributed by atoms with E-state index in [2.05, 4.69) is 0 Å². The Morgan fingerprint density at radius 1 is 1.37 bits per heavy atom. The van der Waals surface area contributed by atoms with E-state index in [1.165, 1.54) is 24.1 Å². The van der Waals surface area contributed by atoms with Gasteiger partial charge in [-0.2, -0.15) is 0 Å². The van der Waals surface area contributed by atoms with E-state index >= 15 is 0 Å². The maximum absolute atomic E-state index is 12.4. The van der Waals surface area contributed by atoms with Crippen LogP contribution >= 0.6 is 0 Å². The minimum Gasteiger partial charge on any atom is -0.508 e. The molecule has 1 aliphatic heterocycles. The molecule has 0 bridgehead atoms. The summed E-state index contributed by atoms with van der Waals surface area (Å²) in [6.07, 6.45) is 2.40. The number of phenolic OH excluding ortho intramolecular Hbond substituents is 1. The van der Waals surface area contributed by atoms with Gasteiger partial charge in [0.25, 0.3) is 5.91 Å². The lowest BCUT2D eigenvalue weighted by atomic mass is 10.0. The number of amides is 1. The Labute approximate surface area is 111 Å². The summed E-state index contributed by atoms with van der Waals surface area (Å²) in [4.78, 5) is 25.6. The molecule has 1 aromatic rings. The molecule has 0 unspecified atom stereocenters. The van der Waals surface area contributed by atoms with Crippen molar-refractivity contribution in [3.63, 3.8) is 0 Å². The molecule has 1 amide bonds. The van der Waals surface area contributed by atoms with Crippen molar-refractivity contribution in [2.75, 3.05) is 13.7 Å². The second kappa shape index (κ2) is 5.73. The topological polar surface area (TPSA) is 66.8 Å². The maximum atomic E-state index is 12.4. The van der Waals surface area contributed by atoms with Crippen molar-refractivity contribution < 1.29 is 19.4 Å². The van der Waals surface area contributed by atoms with Crippen molar-refractivity contribution in [3.8, 4) is 5.75 Å². The molecule has 1 saturated heterocycles. The summed E-state index contributed by atoms with van der Waals surface area (Å²) in [5, 5.41) is 9.42. The summed E-state index contributed by atoms with van der Waals surface area (Å²) in [5.74, 6) is -0.586. The van der Waals surface area contributed by atoms with Crippen LogP contribution < -0.4 is 0 Å². The quantitative estimate of drug-likeness (QED) is 0.822. The summed E-state index contributed by atoms with van der Waals surface area (Å²) in [6, 6.07) is 5.63. The summed E-state index contributed by atoms with van der Waals surface area (Å²) < 4.78 is 4.75. The zero-order valence-electron chi connectivity index (χ0n) is 10.8. The molecule has 1 N–H and O–H groups in total. The molecule has 1 aromatic carbocycles. The number of nitrogens with zero attached hydrogens (tertiary/aromatic N) is 1. The minimum atomic E-state index is -0.520. The van der Waals surface area contributed by atoms with E-state index in [0.29, 0.717) is 18.5 Å². The average molecular weight is 263 g/mol. The van der Waals surface area contributed by atoms with Gasteiger partial charge in [0.05, 0.1) is 7.11 Å². The van der Waals surface area contributed by atoms with Crippen molar-refractivity contribution in [2.24, 2.45) is 0 Å². The van der Waals surface area contributed by atoms with E-state index in [1.807, 2.05) is 0 Å². The molecule has 0 spiro atoms. The Kier molecular flexibility index (Phi) is 4.04. The van der Waals surface area contributed by atoms with Crippen molar-refractivity contribution in [1.82, 2.24) is 4.90 Å². The second-order valence-electron chi connectivity index (χ2n) is 4.58. The van der Waals surface area contributed by atoms with Crippen LogP contribution in [0.1, 0.15) is 29.6 Å². The van der Waals surface area contributed by atoms with E-state index in [9.17, 15) is 14.7 Å². The first-order valence-corrected chi connectivity index (χ1v) is 6.31. The number of phenols is 1. The van der Waals surface area contributed by atoms with Gasteiger partial charge in [-0.1, -0.05) is 6.07 Å². The molecule has 1 aliphatic rings. The Balaban J connectivity index is 2.22. The van der Waals surface area contributed by atoms with Crippen LogP contribution in [0.2, 0.25) is 0 Å². The van der Waals surface area contributed by atoms with Crippen molar-refractivity contribution in [2.45, 2.75) is 25.3 Å². The highest BCUT2D eigenvalue weighted by atomic mass is 16.5. The number of aromatic hydroxyl groups is 1. The molecular weight excluding hydrogens is 246 g/mol. The van der Waals surface area contributed by atoms with Crippen LogP contribution in [0.3, 0.4) is 0 Å². The zero-order valence-corrected chi connectivity index (χ0v) is 10.8. The first-order valence-electron chi connectivity index (χ1n) is 6.31. The zero-order chi connectivity index (χ0) is 13.8. The maximum Gasteiger partial charge on any atom is 0.328 e. The molecule has 19 heavy (non-hydrogen) atoms. The van der Waals surface area contributed by atoms with E-state index in [1.54, 1.807) is 12.1 Å². The third-order valence-corrected chi connectivity index (χ3v) is 3.33.